The lowest BCUT2D eigenvalue weighted by atomic mass is 10.1. The van der Waals surface area contributed by atoms with E-state index in [4.69, 9.17) is 11.6 Å². The molecule has 0 radical (unpaired) electrons. The van der Waals surface area contributed by atoms with E-state index in [0.29, 0.717) is 23.0 Å². The number of benzene rings is 1. The third-order valence-electron chi connectivity index (χ3n) is 3.16. The van der Waals surface area contributed by atoms with E-state index in [1.807, 2.05) is 30.3 Å². The van der Waals surface area contributed by atoms with Crippen LogP contribution < -0.4 is 0 Å². The number of aliphatic hydroxyl groups is 1. The predicted molar refractivity (Wildman–Crippen MR) is 82.3 cm³/mol. The van der Waals surface area contributed by atoms with E-state index >= 15 is 0 Å². The van der Waals surface area contributed by atoms with E-state index < -0.39 is 0 Å². The zero-order chi connectivity index (χ0) is 15.2. The molecule has 0 bridgehead atoms. The lowest BCUT2D eigenvalue weighted by molar-refractivity contribution is 0.0706. The van der Waals surface area contributed by atoms with Gasteiger partial charge in [0.1, 0.15) is 5.15 Å². The van der Waals surface area contributed by atoms with Gasteiger partial charge in [-0.3, -0.25) is 4.79 Å². The van der Waals surface area contributed by atoms with E-state index in [2.05, 4.69) is 4.98 Å². The van der Waals surface area contributed by atoms with Gasteiger partial charge in [0.25, 0.3) is 5.91 Å². The topological polar surface area (TPSA) is 53.4 Å². The molecule has 0 spiro atoms. The van der Waals surface area contributed by atoms with Crippen molar-refractivity contribution < 1.29 is 9.90 Å². The Bertz CT molecular complexity index is 617. The molecule has 4 nitrogen and oxygen atoms in total. The summed E-state index contributed by atoms with van der Waals surface area (Å²) in [5.74, 6) is -0.158. The number of rotatable bonds is 5. The maximum Gasteiger partial charge on any atom is 0.256 e. The van der Waals surface area contributed by atoms with E-state index in [9.17, 15) is 9.90 Å². The molecule has 1 heterocycles. The number of hydrogen-bond acceptors (Lipinski definition) is 3. The Balaban J connectivity index is 2.23. The van der Waals surface area contributed by atoms with Gasteiger partial charge in [0.15, 0.2) is 0 Å². The summed E-state index contributed by atoms with van der Waals surface area (Å²) in [5.41, 5.74) is 2.10. The molecule has 5 heteroatoms. The van der Waals surface area contributed by atoms with Crippen LogP contribution in [0.2, 0.25) is 5.15 Å². The van der Waals surface area contributed by atoms with Crippen molar-refractivity contribution in [2.24, 2.45) is 0 Å². The minimum absolute atomic E-state index is 0.0847. The second-order valence-electron chi connectivity index (χ2n) is 4.70. The molecule has 1 aromatic carbocycles. The molecule has 2 aromatic rings. The molecule has 0 unspecified atom stereocenters. The minimum atomic E-state index is -0.158. The molecule has 0 aliphatic heterocycles. The summed E-state index contributed by atoms with van der Waals surface area (Å²) in [6.45, 7) is 2.38. The standard InChI is InChI=1S/C16H17ClN2O2/c1-12-14(7-8-15(17)18-12)16(21)19(9-10-20)11-13-5-3-2-4-6-13/h2-8,20H,9-11H2,1H3. The van der Waals surface area contributed by atoms with Crippen LogP contribution in [0, 0.1) is 6.92 Å². The summed E-state index contributed by atoms with van der Waals surface area (Å²) in [5, 5.41) is 9.56. The molecule has 0 atom stereocenters. The number of halogens is 1. The molecule has 110 valence electrons. The van der Waals surface area contributed by atoms with E-state index in [0.717, 1.165) is 5.56 Å². The first-order valence-electron chi connectivity index (χ1n) is 6.69. The highest BCUT2D eigenvalue weighted by atomic mass is 35.5. The largest absolute Gasteiger partial charge is 0.395 e. The second-order valence-corrected chi connectivity index (χ2v) is 5.09. The van der Waals surface area contributed by atoms with Gasteiger partial charge in [-0.05, 0) is 24.6 Å². The summed E-state index contributed by atoms with van der Waals surface area (Å²) in [6.07, 6.45) is 0. The van der Waals surface area contributed by atoms with Gasteiger partial charge in [0, 0.05) is 13.1 Å². The molecule has 1 N–H and O–H groups in total. The Morgan fingerprint density at radius 1 is 1.24 bits per heavy atom. The molecule has 1 aromatic heterocycles. The third kappa shape index (κ3) is 4.03. The Morgan fingerprint density at radius 3 is 2.57 bits per heavy atom. The lowest BCUT2D eigenvalue weighted by Gasteiger charge is -2.22. The molecule has 0 fully saturated rings. The maximum absolute atomic E-state index is 12.6. The number of aromatic nitrogens is 1. The summed E-state index contributed by atoms with van der Waals surface area (Å²) in [7, 11) is 0. The Labute approximate surface area is 129 Å². The maximum atomic E-state index is 12.6. The fourth-order valence-corrected chi connectivity index (χ4v) is 2.29. The Morgan fingerprint density at radius 2 is 1.95 bits per heavy atom. The van der Waals surface area contributed by atoms with Crippen molar-refractivity contribution in [1.82, 2.24) is 9.88 Å². The number of nitrogens with zero attached hydrogens (tertiary/aromatic N) is 2. The van der Waals surface area contributed by atoms with Crippen LogP contribution >= 0.6 is 11.6 Å². The number of carbonyl (C=O) groups excluding carboxylic acids is 1. The highest BCUT2D eigenvalue weighted by Crippen LogP contribution is 2.15. The molecular formula is C16H17ClN2O2. The van der Waals surface area contributed by atoms with Crippen molar-refractivity contribution in [2.45, 2.75) is 13.5 Å². The van der Waals surface area contributed by atoms with Crippen LogP contribution in [-0.4, -0.2) is 34.0 Å². The molecule has 0 saturated heterocycles. The van der Waals surface area contributed by atoms with Crippen molar-refractivity contribution >= 4 is 17.5 Å². The summed E-state index contributed by atoms with van der Waals surface area (Å²) < 4.78 is 0. The first-order chi connectivity index (χ1) is 10.1. The second kappa shape index (κ2) is 7.20. The SMILES string of the molecule is Cc1nc(Cl)ccc1C(=O)N(CCO)Cc1ccccc1. The summed E-state index contributed by atoms with van der Waals surface area (Å²) in [6, 6.07) is 12.9. The number of amides is 1. The van der Waals surface area contributed by atoms with Gasteiger partial charge in [-0.15, -0.1) is 0 Å². The molecule has 0 aliphatic rings. The van der Waals surface area contributed by atoms with Crippen LogP contribution in [0.1, 0.15) is 21.6 Å². The van der Waals surface area contributed by atoms with Gasteiger partial charge < -0.3 is 10.0 Å². The van der Waals surface area contributed by atoms with Crippen LogP contribution in [0.15, 0.2) is 42.5 Å². The first-order valence-corrected chi connectivity index (χ1v) is 7.07. The zero-order valence-electron chi connectivity index (χ0n) is 11.8. The molecule has 0 saturated carbocycles. The van der Waals surface area contributed by atoms with Crippen molar-refractivity contribution in [3.63, 3.8) is 0 Å². The van der Waals surface area contributed by atoms with Gasteiger partial charge in [0.05, 0.1) is 17.9 Å². The van der Waals surface area contributed by atoms with Crippen LogP contribution in [-0.2, 0) is 6.54 Å². The smallest absolute Gasteiger partial charge is 0.256 e. The summed E-state index contributed by atoms with van der Waals surface area (Å²) in [4.78, 5) is 18.3. The van der Waals surface area contributed by atoms with Crippen molar-refractivity contribution in [3.05, 3.63) is 64.4 Å². The van der Waals surface area contributed by atoms with Crippen molar-refractivity contribution in [1.29, 1.82) is 0 Å². The van der Waals surface area contributed by atoms with Gasteiger partial charge in [-0.2, -0.15) is 0 Å². The van der Waals surface area contributed by atoms with Crippen LogP contribution in [0.25, 0.3) is 0 Å². The average Bonchev–Trinajstić information content (AvgIpc) is 2.47. The van der Waals surface area contributed by atoms with Crippen LogP contribution in [0.4, 0.5) is 0 Å². The lowest BCUT2D eigenvalue weighted by Crippen LogP contribution is -2.33. The molecule has 1 amide bonds. The number of hydrogen-bond donors (Lipinski definition) is 1. The van der Waals surface area contributed by atoms with Gasteiger partial charge in [-0.25, -0.2) is 4.98 Å². The number of carbonyl (C=O) groups is 1. The highest BCUT2D eigenvalue weighted by Gasteiger charge is 2.18. The first kappa shape index (κ1) is 15.5. The number of aliphatic hydroxyl groups excluding tert-OH is 1. The number of pyridine rings is 1. The predicted octanol–water partition coefficient (Wildman–Crippen LogP) is 2.68. The zero-order valence-corrected chi connectivity index (χ0v) is 12.5. The fourth-order valence-electron chi connectivity index (χ4n) is 2.10. The van der Waals surface area contributed by atoms with Gasteiger partial charge in [0.2, 0.25) is 0 Å². The van der Waals surface area contributed by atoms with Gasteiger partial charge in [-0.1, -0.05) is 41.9 Å². The normalized spacial score (nSPS) is 10.4. The summed E-state index contributed by atoms with van der Waals surface area (Å²) >= 11 is 5.82. The highest BCUT2D eigenvalue weighted by molar-refractivity contribution is 6.29. The molecule has 2 rings (SSSR count). The van der Waals surface area contributed by atoms with E-state index in [1.54, 1.807) is 24.0 Å². The molecule has 0 aliphatic carbocycles. The monoisotopic (exact) mass is 304 g/mol. The molecule has 21 heavy (non-hydrogen) atoms. The minimum Gasteiger partial charge on any atom is -0.395 e. The van der Waals surface area contributed by atoms with Crippen molar-refractivity contribution in [2.75, 3.05) is 13.2 Å². The Hall–Kier alpha value is -1.91. The van der Waals surface area contributed by atoms with Crippen LogP contribution in [0.5, 0.6) is 0 Å². The fraction of sp³-hybridized carbons (Fsp3) is 0.250. The van der Waals surface area contributed by atoms with E-state index in [-0.39, 0.29) is 19.1 Å². The number of aryl methyl sites for hydroxylation is 1. The van der Waals surface area contributed by atoms with Gasteiger partial charge >= 0.3 is 0 Å². The van der Waals surface area contributed by atoms with E-state index in [1.165, 1.54) is 0 Å². The molecular weight excluding hydrogens is 288 g/mol. The Kier molecular flexibility index (Phi) is 5.31. The van der Waals surface area contributed by atoms with Crippen LogP contribution in [0.3, 0.4) is 0 Å². The third-order valence-corrected chi connectivity index (χ3v) is 3.37. The average molecular weight is 305 g/mol. The quantitative estimate of drug-likeness (QED) is 0.864. The van der Waals surface area contributed by atoms with Crippen molar-refractivity contribution in [3.8, 4) is 0 Å².